The summed E-state index contributed by atoms with van der Waals surface area (Å²) in [7, 11) is -3.75. The van der Waals surface area contributed by atoms with Crippen molar-refractivity contribution in [1.82, 2.24) is 4.31 Å². The van der Waals surface area contributed by atoms with E-state index in [4.69, 9.17) is 16.3 Å². The minimum atomic E-state index is -3.75. The summed E-state index contributed by atoms with van der Waals surface area (Å²) in [6, 6.07) is 7.00. The van der Waals surface area contributed by atoms with Crippen molar-refractivity contribution in [3.8, 4) is 0 Å². The summed E-state index contributed by atoms with van der Waals surface area (Å²) in [6.07, 6.45) is 1.24. The van der Waals surface area contributed by atoms with Crippen LogP contribution in [0.4, 0.5) is 0 Å². The number of halogens is 1. The molecule has 0 unspecified atom stereocenters. The molecular weight excluding hydrogens is 328 g/mol. The first-order valence-electron chi connectivity index (χ1n) is 6.56. The van der Waals surface area contributed by atoms with Crippen LogP contribution in [0.1, 0.15) is 19.4 Å². The maximum absolute atomic E-state index is 12.1. The van der Waals surface area contributed by atoms with Gasteiger partial charge in [-0.2, -0.15) is 8.42 Å². The molecule has 22 heavy (non-hydrogen) atoms. The Morgan fingerprint density at radius 1 is 1.36 bits per heavy atom. The summed E-state index contributed by atoms with van der Waals surface area (Å²) in [5, 5.41) is 0.496. The van der Waals surface area contributed by atoms with Crippen molar-refractivity contribution in [3.05, 3.63) is 46.6 Å². The molecule has 0 radical (unpaired) electrons. The van der Waals surface area contributed by atoms with Gasteiger partial charge in [0.1, 0.15) is 6.61 Å². The zero-order valence-corrected chi connectivity index (χ0v) is 13.7. The van der Waals surface area contributed by atoms with Crippen molar-refractivity contribution in [1.29, 1.82) is 0 Å². The van der Waals surface area contributed by atoms with Gasteiger partial charge in [-0.3, -0.25) is 4.31 Å². The molecular formula is C14H15ClN2O4S. The first-order valence-corrected chi connectivity index (χ1v) is 8.33. The largest absolute Gasteiger partial charge is 0.457 e. The molecule has 2 rings (SSSR count). The Morgan fingerprint density at radius 2 is 2.05 bits per heavy atom. The van der Waals surface area contributed by atoms with Gasteiger partial charge in [0.25, 0.3) is 0 Å². The van der Waals surface area contributed by atoms with Gasteiger partial charge in [-0.1, -0.05) is 29.8 Å². The predicted octanol–water partition coefficient (Wildman–Crippen LogP) is 2.31. The zero-order valence-electron chi connectivity index (χ0n) is 12.1. The van der Waals surface area contributed by atoms with Crippen LogP contribution in [0.25, 0.3) is 0 Å². The number of esters is 1. The molecule has 1 aromatic rings. The lowest BCUT2D eigenvalue weighted by Gasteiger charge is -2.21. The molecule has 1 heterocycles. The van der Waals surface area contributed by atoms with E-state index in [1.807, 2.05) is 0 Å². The molecule has 0 spiro atoms. The lowest BCUT2D eigenvalue weighted by atomic mass is 10.2. The Labute approximate surface area is 134 Å². The summed E-state index contributed by atoms with van der Waals surface area (Å²) in [5.41, 5.74) is 0.890. The Morgan fingerprint density at radius 3 is 2.68 bits per heavy atom. The summed E-state index contributed by atoms with van der Waals surface area (Å²) >= 11 is 5.99. The second-order valence-electron chi connectivity index (χ2n) is 4.57. The highest BCUT2D eigenvalue weighted by Gasteiger charge is 2.27. The summed E-state index contributed by atoms with van der Waals surface area (Å²) in [5.74, 6) is -0.644. The van der Waals surface area contributed by atoms with E-state index in [1.165, 1.54) is 13.1 Å². The second kappa shape index (κ2) is 6.50. The Balaban J connectivity index is 2.15. The predicted molar refractivity (Wildman–Crippen MR) is 83.7 cm³/mol. The van der Waals surface area contributed by atoms with Gasteiger partial charge in [0.15, 0.2) is 0 Å². The van der Waals surface area contributed by atoms with Crippen LogP contribution in [-0.2, 0) is 26.3 Å². The third-order valence-corrected chi connectivity index (χ3v) is 4.89. The van der Waals surface area contributed by atoms with E-state index in [-0.39, 0.29) is 24.4 Å². The fourth-order valence-electron chi connectivity index (χ4n) is 1.87. The monoisotopic (exact) mass is 342 g/mol. The van der Waals surface area contributed by atoms with E-state index in [0.29, 0.717) is 10.6 Å². The van der Waals surface area contributed by atoms with Crippen LogP contribution < -0.4 is 0 Å². The summed E-state index contributed by atoms with van der Waals surface area (Å²) in [4.78, 5) is 12.1. The number of benzene rings is 1. The molecule has 0 atom stereocenters. The molecule has 0 fully saturated rings. The van der Waals surface area contributed by atoms with Crippen LogP contribution in [0.5, 0.6) is 0 Å². The van der Waals surface area contributed by atoms with Gasteiger partial charge in [-0.25, -0.2) is 4.79 Å². The molecule has 0 amide bonds. The van der Waals surface area contributed by atoms with Crippen molar-refractivity contribution >= 4 is 33.5 Å². The maximum atomic E-state index is 12.1. The van der Waals surface area contributed by atoms with Gasteiger partial charge in [-0.15, -0.1) is 4.40 Å². The van der Waals surface area contributed by atoms with Crippen LogP contribution in [0.2, 0.25) is 5.02 Å². The van der Waals surface area contributed by atoms with Gasteiger partial charge in [0, 0.05) is 23.3 Å². The average Bonchev–Trinajstić information content (AvgIpc) is 2.45. The first-order chi connectivity index (χ1) is 10.3. The zero-order chi connectivity index (χ0) is 16.3. The number of carbonyl (C=O) groups is 1. The highest BCUT2D eigenvalue weighted by molar-refractivity contribution is 7.88. The number of hydrogen-bond acceptors (Lipinski definition) is 4. The van der Waals surface area contributed by atoms with E-state index in [0.717, 1.165) is 4.31 Å². The van der Waals surface area contributed by atoms with Crippen molar-refractivity contribution in [3.63, 3.8) is 0 Å². The molecule has 1 aliphatic rings. The molecule has 0 saturated heterocycles. The SMILES string of the molecule is CCN1C=C(C(=O)OCc2ccccc2Cl)C(C)=NS1(=O)=O. The molecule has 8 heteroatoms. The first kappa shape index (κ1) is 16.5. The lowest BCUT2D eigenvalue weighted by Crippen LogP contribution is -2.31. The minimum Gasteiger partial charge on any atom is -0.457 e. The van der Waals surface area contributed by atoms with E-state index < -0.39 is 16.2 Å². The van der Waals surface area contributed by atoms with Crippen molar-refractivity contribution in [2.45, 2.75) is 20.5 Å². The molecule has 1 aromatic carbocycles. The van der Waals surface area contributed by atoms with E-state index in [9.17, 15) is 13.2 Å². The number of rotatable bonds is 4. The normalized spacial score (nSPS) is 16.8. The number of nitrogens with zero attached hydrogens (tertiary/aromatic N) is 2. The smallest absolute Gasteiger partial charge is 0.344 e. The number of hydrogen-bond donors (Lipinski definition) is 0. The number of ether oxygens (including phenoxy) is 1. The van der Waals surface area contributed by atoms with E-state index >= 15 is 0 Å². The van der Waals surface area contributed by atoms with Gasteiger partial charge in [0.05, 0.1) is 11.3 Å². The molecule has 0 bridgehead atoms. The molecule has 118 valence electrons. The van der Waals surface area contributed by atoms with Crippen LogP contribution in [0.3, 0.4) is 0 Å². The quantitative estimate of drug-likeness (QED) is 0.787. The molecule has 0 N–H and O–H groups in total. The van der Waals surface area contributed by atoms with Gasteiger partial charge >= 0.3 is 16.2 Å². The topological polar surface area (TPSA) is 76.0 Å². The van der Waals surface area contributed by atoms with Gasteiger partial charge < -0.3 is 4.74 Å². The van der Waals surface area contributed by atoms with E-state index in [2.05, 4.69) is 4.40 Å². The van der Waals surface area contributed by atoms with Gasteiger partial charge in [0.2, 0.25) is 0 Å². The minimum absolute atomic E-state index is 0.00199. The van der Waals surface area contributed by atoms with E-state index in [1.54, 1.807) is 31.2 Å². The molecule has 1 aliphatic heterocycles. The van der Waals surface area contributed by atoms with Crippen molar-refractivity contribution in [2.24, 2.45) is 4.40 Å². The molecule has 0 saturated carbocycles. The van der Waals surface area contributed by atoms with Crippen LogP contribution >= 0.6 is 11.6 Å². The second-order valence-corrected chi connectivity index (χ2v) is 6.52. The van der Waals surface area contributed by atoms with Crippen LogP contribution in [0, 0.1) is 0 Å². The fourth-order valence-corrected chi connectivity index (χ4v) is 3.17. The molecule has 0 aromatic heterocycles. The van der Waals surface area contributed by atoms with Crippen molar-refractivity contribution < 1.29 is 17.9 Å². The molecule has 6 nitrogen and oxygen atoms in total. The highest BCUT2D eigenvalue weighted by atomic mass is 35.5. The third-order valence-electron chi connectivity index (χ3n) is 3.06. The standard InChI is InChI=1S/C14H15ClN2O4S/c1-3-17-8-12(10(2)16-22(17,19)20)14(18)21-9-11-6-4-5-7-13(11)15/h4-8H,3,9H2,1-2H3. The van der Waals surface area contributed by atoms with Crippen molar-refractivity contribution in [2.75, 3.05) is 6.54 Å². The molecule has 0 aliphatic carbocycles. The third kappa shape index (κ3) is 3.48. The lowest BCUT2D eigenvalue weighted by molar-refractivity contribution is -0.139. The van der Waals surface area contributed by atoms with Gasteiger partial charge in [-0.05, 0) is 19.9 Å². The van der Waals surface area contributed by atoms with Crippen LogP contribution in [0.15, 0.2) is 40.4 Å². The maximum Gasteiger partial charge on any atom is 0.344 e. The average molecular weight is 343 g/mol. The summed E-state index contributed by atoms with van der Waals surface area (Å²) in [6.45, 7) is 3.28. The Bertz CT molecular complexity index is 756. The number of carbonyl (C=O) groups excluding carboxylic acids is 1. The van der Waals surface area contributed by atoms with Crippen LogP contribution in [-0.4, -0.2) is 30.9 Å². The Hall–Kier alpha value is -1.86. The fraction of sp³-hybridized carbons (Fsp3) is 0.286. The Kier molecular flexibility index (Phi) is 4.87. The highest BCUT2D eigenvalue weighted by Crippen LogP contribution is 2.19. The summed E-state index contributed by atoms with van der Waals surface area (Å²) < 4.78 is 33.2.